The molecule has 0 unspecified atom stereocenters. The van der Waals surface area contributed by atoms with Gasteiger partial charge in [0.25, 0.3) is 0 Å². The number of piperazine rings is 1. The van der Waals surface area contributed by atoms with Gasteiger partial charge in [0.05, 0.1) is 30.4 Å². The lowest BCUT2D eigenvalue weighted by atomic mass is 9.92. The van der Waals surface area contributed by atoms with Crippen LogP contribution in [-0.2, 0) is 27.9 Å². The predicted octanol–water partition coefficient (Wildman–Crippen LogP) is 0.968. The topological polar surface area (TPSA) is 78.8 Å². The summed E-state index contributed by atoms with van der Waals surface area (Å²) >= 11 is 0. The largest absolute Gasteiger partial charge is 0.340 e. The van der Waals surface area contributed by atoms with Gasteiger partial charge in [-0.25, -0.2) is 4.39 Å². The highest BCUT2D eigenvalue weighted by atomic mass is 19.1. The van der Waals surface area contributed by atoms with Gasteiger partial charge in [-0.05, 0) is 24.1 Å². The van der Waals surface area contributed by atoms with Crippen LogP contribution in [0.3, 0.4) is 0 Å². The van der Waals surface area contributed by atoms with Crippen LogP contribution in [-0.4, -0.2) is 69.0 Å². The van der Waals surface area contributed by atoms with Gasteiger partial charge in [-0.15, -0.1) is 0 Å². The number of aromatic nitrogens is 2. The SMILES string of the molecule is CC(=O)N1CC(=O)N(c2cnn(C)c2)C[C@]12CCN(C(=O)Cc1cccc(F)c1)C2. The Kier molecular flexibility index (Phi) is 5.05. The summed E-state index contributed by atoms with van der Waals surface area (Å²) in [4.78, 5) is 42.9. The molecule has 2 aromatic rings. The number of amides is 3. The van der Waals surface area contributed by atoms with Gasteiger partial charge < -0.3 is 14.7 Å². The van der Waals surface area contributed by atoms with Crippen LogP contribution < -0.4 is 4.90 Å². The van der Waals surface area contributed by atoms with Crippen LogP contribution in [0.15, 0.2) is 36.7 Å². The number of benzene rings is 1. The van der Waals surface area contributed by atoms with Crippen molar-refractivity contribution in [1.82, 2.24) is 19.6 Å². The summed E-state index contributed by atoms with van der Waals surface area (Å²) in [6.07, 6.45) is 4.05. The van der Waals surface area contributed by atoms with E-state index >= 15 is 0 Å². The van der Waals surface area contributed by atoms with Crippen LogP contribution in [0.5, 0.6) is 0 Å². The van der Waals surface area contributed by atoms with Crippen LogP contribution in [0.4, 0.5) is 10.1 Å². The van der Waals surface area contributed by atoms with E-state index in [1.54, 1.807) is 51.0 Å². The first-order valence-electron chi connectivity index (χ1n) is 9.87. The van der Waals surface area contributed by atoms with Gasteiger partial charge in [0.2, 0.25) is 17.7 Å². The van der Waals surface area contributed by atoms with Crippen molar-refractivity contribution in [3.8, 4) is 0 Å². The minimum atomic E-state index is -0.646. The molecule has 158 valence electrons. The monoisotopic (exact) mass is 413 g/mol. The third-order valence-electron chi connectivity index (χ3n) is 5.93. The Morgan fingerprint density at radius 3 is 2.73 bits per heavy atom. The van der Waals surface area contributed by atoms with Gasteiger partial charge in [-0.3, -0.25) is 19.1 Å². The number of hydrogen-bond donors (Lipinski definition) is 0. The second-order valence-electron chi connectivity index (χ2n) is 8.05. The van der Waals surface area contributed by atoms with Crippen molar-refractivity contribution in [1.29, 1.82) is 0 Å². The van der Waals surface area contributed by atoms with Crippen LogP contribution in [0.2, 0.25) is 0 Å². The fraction of sp³-hybridized carbons (Fsp3) is 0.429. The normalized spacial score (nSPS) is 21.6. The lowest BCUT2D eigenvalue weighted by Crippen LogP contribution is -2.67. The number of halogens is 1. The van der Waals surface area contributed by atoms with Crippen molar-refractivity contribution < 1.29 is 18.8 Å². The molecule has 1 atom stereocenters. The van der Waals surface area contributed by atoms with Crippen molar-refractivity contribution in [2.45, 2.75) is 25.3 Å². The summed E-state index contributed by atoms with van der Waals surface area (Å²) in [5.41, 5.74) is 0.641. The van der Waals surface area contributed by atoms with Gasteiger partial charge in [0.15, 0.2) is 0 Å². The third kappa shape index (κ3) is 3.67. The Labute approximate surface area is 173 Å². The maximum atomic E-state index is 13.4. The molecule has 1 aromatic heterocycles. The molecule has 3 heterocycles. The van der Waals surface area contributed by atoms with Gasteiger partial charge in [0, 0.05) is 33.3 Å². The first-order chi connectivity index (χ1) is 14.3. The fourth-order valence-electron chi connectivity index (χ4n) is 4.44. The number of likely N-dealkylation sites (tertiary alicyclic amines) is 1. The van der Waals surface area contributed by atoms with Crippen molar-refractivity contribution in [2.24, 2.45) is 7.05 Å². The Hall–Kier alpha value is -3.23. The number of carbonyl (C=O) groups excluding carboxylic acids is 3. The smallest absolute Gasteiger partial charge is 0.246 e. The average molecular weight is 413 g/mol. The van der Waals surface area contributed by atoms with E-state index in [0.29, 0.717) is 37.3 Å². The van der Waals surface area contributed by atoms with E-state index in [4.69, 9.17) is 0 Å². The summed E-state index contributed by atoms with van der Waals surface area (Å²) in [5, 5.41) is 4.14. The fourth-order valence-corrected chi connectivity index (χ4v) is 4.44. The van der Waals surface area contributed by atoms with Gasteiger partial charge in [-0.1, -0.05) is 12.1 Å². The van der Waals surface area contributed by atoms with E-state index in [1.807, 2.05) is 0 Å². The molecule has 2 fully saturated rings. The molecule has 0 aliphatic carbocycles. The van der Waals surface area contributed by atoms with E-state index in [1.165, 1.54) is 19.1 Å². The number of anilines is 1. The molecular weight excluding hydrogens is 389 g/mol. The maximum absolute atomic E-state index is 13.4. The minimum Gasteiger partial charge on any atom is -0.340 e. The van der Waals surface area contributed by atoms with Crippen LogP contribution in [0.1, 0.15) is 18.9 Å². The molecule has 0 radical (unpaired) electrons. The van der Waals surface area contributed by atoms with Crippen LogP contribution in [0, 0.1) is 5.82 Å². The molecule has 1 spiro atoms. The van der Waals surface area contributed by atoms with Gasteiger partial charge in [-0.2, -0.15) is 5.10 Å². The lowest BCUT2D eigenvalue weighted by Gasteiger charge is -2.47. The van der Waals surface area contributed by atoms with E-state index in [0.717, 1.165) is 0 Å². The van der Waals surface area contributed by atoms with Crippen molar-refractivity contribution in [3.05, 3.63) is 48.0 Å². The Morgan fingerprint density at radius 1 is 1.27 bits per heavy atom. The summed E-state index contributed by atoms with van der Waals surface area (Å²) in [7, 11) is 1.78. The molecule has 4 rings (SSSR count). The molecule has 0 saturated carbocycles. The second kappa shape index (κ2) is 7.55. The molecule has 1 aromatic carbocycles. The molecule has 2 saturated heterocycles. The first kappa shape index (κ1) is 20.1. The molecule has 30 heavy (non-hydrogen) atoms. The quantitative estimate of drug-likeness (QED) is 0.751. The highest BCUT2D eigenvalue weighted by Crippen LogP contribution is 2.34. The number of rotatable bonds is 3. The van der Waals surface area contributed by atoms with Crippen molar-refractivity contribution >= 4 is 23.4 Å². The number of nitrogens with zero attached hydrogens (tertiary/aromatic N) is 5. The summed E-state index contributed by atoms with van der Waals surface area (Å²) in [5.74, 6) is -0.855. The highest BCUT2D eigenvalue weighted by molar-refractivity contribution is 5.98. The van der Waals surface area contributed by atoms with E-state index in [2.05, 4.69) is 5.10 Å². The first-order valence-corrected chi connectivity index (χ1v) is 9.87. The molecule has 2 aliphatic heterocycles. The maximum Gasteiger partial charge on any atom is 0.246 e. The summed E-state index contributed by atoms with van der Waals surface area (Å²) < 4.78 is 15.1. The zero-order valence-corrected chi connectivity index (χ0v) is 17.0. The number of carbonyl (C=O) groups is 3. The Morgan fingerprint density at radius 2 is 2.07 bits per heavy atom. The summed E-state index contributed by atoms with van der Waals surface area (Å²) in [6.45, 7) is 2.54. The summed E-state index contributed by atoms with van der Waals surface area (Å²) in [6, 6.07) is 6.00. The minimum absolute atomic E-state index is 0.0316. The lowest BCUT2D eigenvalue weighted by molar-refractivity contribution is -0.143. The Balaban J connectivity index is 1.55. The predicted molar refractivity (Wildman–Crippen MR) is 107 cm³/mol. The average Bonchev–Trinajstić information content (AvgIpc) is 3.30. The molecule has 0 bridgehead atoms. The van der Waals surface area contributed by atoms with Crippen LogP contribution in [0.25, 0.3) is 0 Å². The molecule has 8 nitrogen and oxygen atoms in total. The van der Waals surface area contributed by atoms with Gasteiger partial charge >= 0.3 is 0 Å². The third-order valence-corrected chi connectivity index (χ3v) is 5.93. The molecule has 2 aliphatic rings. The molecule has 9 heteroatoms. The Bertz CT molecular complexity index is 1010. The zero-order valence-electron chi connectivity index (χ0n) is 17.0. The highest BCUT2D eigenvalue weighted by Gasteiger charge is 2.51. The molecule has 3 amide bonds. The van der Waals surface area contributed by atoms with Crippen molar-refractivity contribution in [3.63, 3.8) is 0 Å². The van der Waals surface area contributed by atoms with Crippen LogP contribution >= 0.6 is 0 Å². The number of aryl methyl sites for hydroxylation is 1. The standard InChI is InChI=1S/C21H24FN5O3/c1-15(28)27-12-20(30)26(18-10-23-24(2)11-18)14-21(27)6-7-25(13-21)19(29)9-16-4-3-5-17(22)8-16/h3-5,8,10-11H,6-7,9,12-14H2,1-2H3/t21-/m1/s1. The molecule has 0 N–H and O–H groups in total. The van der Waals surface area contributed by atoms with E-state index in [9.17, 15) is 18.8 Å². The van der Waals surface area contributed by atoms with Crippen molar-refractivity contribution in [2.75, 3.05) is 31.1 Å². The number of hydrogen-bond acceptors (Lipinski definition) is 4. The second-order valence-corrected chi connectivity index (χ2v) is 8.05. The molecular formula is C21H24FN5O3. The van der Waals surface area contributed by atoms with Gasteiger partial charge in [0.1, 0.15) is 12.4 Å². The zero-order chi connectivity index (χ0) is 21.5. The van der Waals surface area contributed by atoms with E-state index < -0.39 is 5.54 Å². The van der Waals surface area contributed by atoms with E-state index in [-0.39, 0.29) is 36.5 Å².